The van der Waals surface area contributed by atoms with E-state index in [2.05, 4.69) is 0 Å². The molecule has 3 aromatic rings. The van der Waals surface area contributed by atoms with Crippen LogP contribution in [0.5, 0.6) is 0 Å². The summed E-state index contributed by atoms with van der Waals surface area (Å²) in [6.45, 7) is 5.48. The number of rotatable bonds is 3. The van der Waals surface area contributed by atoms with Crippen molar-refractivity contribution in [3.63, 3.8) is 0 Å². The zero-order chi connectivity index (χ0) is 20.8. The van der Waals surface area contributed by atoms with Crippen LogP contribution in [0.2, 0.25) is 0 Å². The van der Waals surface area contributed by atoms with Gasteiger partial charge in [0.05, 0.1) is 16.6 Å². The van der Waals surface area contributed by atoms with Crippen molar-refractivity contribution in [3.05, 3.63) is 65.4 Å². The van der Waals surface area contributed by atoms with E-state index in [1.54, 1.807) is 9.63 Å². The molecule has 0 N–H and O–H groups in total. The summed E-state index contributed by atoms with van der Waals surface area (Å²) in [5.74, 6) is -0.237. The summed E-state index contributed by atoms with van der Waals surface area (Å²) in [6, 6.07) is 15.9. The molecule has 2 aromatic carbocycles. The fraction of sp³-hybridized carbons (Fsp3) is 0.333. The third-order valence-corrected chi connectivity index (χ3v) is 6.04. The van der Waals surface area contributed by atoms with Gasteiger partial charge in [0, 0.05) is 25.0 Å². The van der Waals surface area contributed by atoms with Crippen LogP contribution in [0.15, 0.2) is 48.5 Å². The maximum Gasteiger partial charge on any atom is 0.329 e. The number of amides is 1. The Labute approximate surface area is 170 Å². The summed E-state index contributed by atoms with van der Waals surface area (Å²) >= 11 is 0. The zero-order valence-electron chi connectivity index (χ0n) is 17.4. The topological polar surface area (TPSA) is 51.5 Å². The highest BCUT2D eigenvalue weighted by Crippen LogP contribution is 2.41. The van der Waals surface area contributed by atoms with Crippen LogP contribution in [0.4, 0.5) is 5.69 Å². The third kappa shape index (κ3) is 3.20. The van der Waals surface area contributed by atoms with Crippen molar-refractivity contribution in [3.8, 4) is 0 Å². The van der Waals surface area contributed by atoms with E-state index in [9.17, 15) is 9.59 Å². The first-order valence-corrected chi connectivity index (χ1v) is 9.96. The van der Waals surface area contributed by atoms with Crippen molar-refractivity contribution in [1.82, 2.24) is 4.73 Å². The quantitative estimate of drug-likeness (QED) is 0.677. The molecule has 0 spiro atoms. The van der Waals surface area contributed by atoms with Crippen LogP contribution >= 0.6 is 0 Å². The fourth-order valence-electron chi connectivity index (χ4n) is 4.52. The number of carbonyl (C=O) groups excluding carboxylic acids is 2. The molecule has 4 rings (SSSR count). The van der Waals surface area contributed by atoms with E-state index in [-0.39, 0.29) is 11.9 Å². The molecule has 1 aliphatic rings. The predicted octanol–water partition coefficient (Wildman–Crippen LogP) is 4.08. The molecule has 1 atom stereocenters. The van der Waals surface area contributed by atoms with Crippen LogP contribution in [0.1, 0.15) is 37.1 Å². The van der Waals surface area contributed by atoms with Gasteiger partial charge in [-0.05, 0) is 49.4 Å². The van der Waals surface area contributed by atoms with Crippen molar-refractivity contribution >= 4 is 28.5 Å². The maximum atomic E-state index is 13.5. The fourth-order valence-corrected chi connectivity index (χ4v) is 4.52. The van der Waals surface area contributed by atoms with Crippen molar-refractivity contribution in [1.29, 1.82) is 0 Å². The van der Waals surface area contributed by atoms with Crippen LogP contribution in [0.25, 0.3) is 10.9 Å². The van der Waals surface area contributed by atoms with Crippen LogP contribution < -0.4 is 9.74 Å². The lowest BCUT2D eigenvalue weighted by atomic mass is 9.73. The van der Waals surface area contributed by atoms with Gasteiger partial charge in [-0.2, -0.15) is 4.73 Å². The van der Waals surface area contributed by atoms with E-state index in [4.69, 9.17) is 4.84 Å². The molecule has 1 amide bonds. The highest BCUT2D eigenvalue weighted by Gasteiger charge is 2.41. The lowest BCUT2D eigenvalue weighted by molar-refractivity contribution is -0.141. The van der Waals surface area contributed by atoms with E-state index in [0.29, 0.717) is 19.3 Å². The second kappa shape index (κ2) is 7.07. The number of aromatic nitrogens is 1. The lowest BCUT2D eigenvalue weighted by Gasteiger charge is -2.36. The van der Waals surface area contributed by atoms with Crippen LogP contribution in [0, 0.1) is 12.3 Å². The smallest absolute Gasteiger partial charge is 0.329 e. The first-order chi connectivity index (χ1) is 13.8. The molecule has 1 unspecified atom stereocenters. The van der Waals surface area contributed by atoms with E-state index >= 15 is 0 Å². The normalized spacial score (nSPS) is 18.3. The van der Waals surface area contributed by atoms with Crippen LogP contribution in [-0.2, 0) is 22.4 Å². The molecule has 1 aromatic heterocycles. The van der Waals surface area contributed by atoms with Gasteiger partial charge in [0.25, 0.3) is 0 Å². The number of hydrogen-bond donors (Lipinski definition) is 0. The average molecular weight is 390 g/mol. The standard InChI is InChI=1S/C24H26N2O3/c1-16-9-5-7-11-20(16)25(4)23(28)24(3)14-13-22-19(15-24)18-10-6-8-12-21(18)26(22)29-17(2)27/h5-12H,13-15H2,1-4H3. The summed E-state index contributed by atoms with van der Waals surface area (Å²) in [5, 5.41) is 1.04. The predicted molar refractivity (Wildman–Crippen MR) is 114 cm³/mol. The van der Waals surface area contributed by atoms with Crippen molar-refractivity contribution in [2.24, 2.45) is 5.41 Å². The Balaban J connectivity index is 1.73. The Bertz CT molecular complexity index is 1110. The second-order valence-electron chi connectivity index (χ2n) is 8.21. The Morgan fingerprint density at radius 1 is 1.10 bits per heavy atom. The minimum atomic E-state index is -0.519. The first-order valence-electron chi connectivity index (χ1n) is 9.96. The van der Waals surface area contributed by atoms with E-state index in [0.717, 1.165) is 33.4 Å². The monoisotopic (exact) mass is 390 g/mol. The van der Waals surface area contributed by atoms with Gasteiger partial charge in [-0.15, -0.1) is 0 Å². The van der Waals surface area contributed by atoms with Gasteiger partial charge in [0.2, 0.25) is 5.91 Å². The molecule has 29 heavy (non-hydrogen) atoms. The third-order valence-electron chi connectivity index (χ3n) is 6.04. The molecule has 0 saturated heterocycles. The minimum Gasteiger partial charge on any atom is -0.337 e. The summed E-state index contributed by atoms with van der Waals surface area (Å²) in [7, 11) is 1.85. The van der Waals surface area contributed by atoms with Gasteiger partial charge >= 0.3 is 5.97 Å². The molecular formula is C24H26N2O3. The Hall–Kier alpha value is -3.08. The molecule has 1 heterocycles. The molecule has 0 aliphatic heterocycles. The van der Waals surface area contributed by atoms with Crippen LogP contribution in [0.3, 0.4) is 0 Å². The SMILES string of the molecule is CC(=O)On1c2c(c3ccccc31)CC(C)(C(=O)N(C)c1ccccc1C)CC2. The number of hydrogen-bond acceptors (Lipinski definition) is 3. The number of nitrogens with zero attached hydrogens (tertiary/aromatic N) is 2. The minimum absolute atomic E-state index is 0.113. The molecule has 0 saturated carbocycles. The van der Waals surface area contributed by atoms with E-state index in [1.807, 2.05) is 69.4 Å². The largest absolute Gasteiger partial charge is 0.337 e. The number of benzene rings is 2. The number of anilines is 1. The van der Waals surface area contributed by atoms with Gasteiger partial charge in [-0.1, -0.05) is 43.3 Å². The van der Waals surface area contributed by atoms with Gasteiger partial charge < -0.3 is 9.74 Å². The highest BCUT2D eigenvalue weighted by molar-refractivity contribution is 5.98. The number of carbonyl (C=O) groups is 2. The summed E-state index contributed by atoms with van der Waals surface area (Å²) < 4.78 is 1.65. The molecule has 5 heteroatoms. The molecular weight excluding hydrogens is 364 g/mol. The van der Waals surface area contributed by atoms with Gasteiger partial charge in [0.1, 0.15) is 0 Å². The molecule has 0 bridgehead atoms. The molecule has 0 radical (unpaired) electrons. The molecule has 1 aliphatic carbocycles. The van der Waals surface area contributed by atoms with Crippen molar-refractivity contribution in [2.75, 3.05) is 11.9 Å². The molecule has 150 valence electrons. The molecule has 0 fully saturated rings. The Morgan fingerprint density at radius 3 is 2.52 bits per heavy atom. The average Bonchev–Trinajstić information content (AvgIpc) is 3.00. The Morgan fingerprint density at radius 2 is 1.79 bits per heavy atom. The number of para-hydroxylation sites is 2. The summed E-state index contributed by atoms with van der Waals surface area (Å²) in [5.41, 5.74) is 4.46. The van der Waals surface area contributed by atoms with Gasteiger partial charge in [0.15, 0.2) is 0 Å². The number of fused-ring (bicyclic) bond motifs is 3. The summed E-state index contributed by atoms with van der Waals surface area (Å²) in [6.07, 6.45) is 2.00. The van der Waals surface area contributed by atoms with Crippen molar-refractivity contribution in [2.45, 2.75) is 40.0 Å². The van der Waals surface area contributed by atoms with Crippen molar-refractivity contribution < 1.29 is 14.4 Å². The lowest BCUT2D eigenvalue weighted by Crippen LogP contribution is -2.44. The van der Waals surface area contributed by atoms with E-state index in [1.165, 1.54) is 6.92 Å². The highest BCUT2D eigenvalue weighted by atomic mass is 16.7. The van der Waals surface area contributed by atoms with Crippen LogP contribution in [-0.4, -0.2) is 23.7 Å². The first kappa shape index (κ1) is 19.2. The zero-order valence-corrected chi connectivity index (χ0v) is 17.4. The van der Waals surface area contributed by atoms with E-state index < -0.39 is 5.41 Å². The second-order valence-corrected chi connectivity index (χ2v) is 8.21. The number of aryl methyl sites for hydroxylation is 1. The van der Waals surface area contributed by atoms with Gasteiger partial charge in [-0.3, -0.25) is 4.79 Å². The molecule has 5 nitrogen and oxygen atoms in total. The Kier molecular flexibility index (Phi) is 4.69. The summed E-state index contributed by atoms with van der Waals surface area (Å²) in [4.78, 5) is 32.5. The maximum absolute atomic E-state index is 13.5. The van der Waals surface area contributed by atoms with Gasteiger partial charge in [-0.25, -0.2) is 4.79 Å².